The van der Waals surface area contributed by atoms with Gasteiger partial charge in [-0.2, -0.15) is 0 Å². The van der Waals surface area contributed by atoms with Crippen LogP contribution in [0.5, 0.6) is 0 Å². The lowest BCUT2D eigenvalue weighted by molar-refractivity contribution is 0.130. The van der Waals surface area contributed by atoms with Crippen molar-refractivity contribution in [3.63, 3.8) is 0 Å². The van der Waals surface area contributed by atoms with Crippen LogP contribution in [0.25, 0.3) is 0 Å². The Morgan fingerprint density at radius 3 is 2.39 bits per heavy atom. The zero-order valence-corrected chi connectivity index (χ0v) is 14.4. The molecule has 1 aromatic rings. The van der Waals surface area contributed by atoms with Crippen molar-refractivity contribution in [2.75, 3.05) is 70.8 Å². The average Bonchev–Trinajstić information content (AvgIpc) is 2.56. The number of carbonyl (C=O) groups excluding carboxylic acids is 1. The number of anilines is 2. The molecule has 0 saturated carbocycles. The molecule has 1 fully saturated rings. The van der Waals surface area contributed by atoms with E-state index < -0.39 is 0 Å². The fourth-order valence-corrected chi connectivity index (χ4v) is 2.65. The molecule has 0 unspecified atom stereocenters. The van der Waals surface area contributed by atoms with Gasteiger partial charge in [0.2, 0.25) is 0 Å². The van der Waals surface area contributed by atoms with E-state index >= 15 is 0 Å². The lowest BCUT2D eigenvalue weighted by Gasteiger charge is -2.34. The molecule has 0 atom stereocenters. The maximum Gasteiger partial charge on any atom is 0.321 e. The number of amides is 2. The first kappa shape index (κ1) is 17.6. The molecule has 1 N–H and O–H groups in total. The quantitative estimate of drug-likeness (QED) is 0.814. The van der Waals surface area contributed by atoms with Crippen molar-refractivity contribution in [3.05, 3.63) is 24.3 Å². The lowest BCUT2D eigenvalue weighted by atomic mass is 10.2. The van der Waals surface area contributed by atoms with Crippen molar-refractivity contribution in [1.29, 1.82) is 0 Å². The fraction of sp³-hybridized carbons (Fsp3) is 0.588. The Labute approximate surface area is 139 Å². The van der Waals surface area contributed by atoms with E-state index in [0.29, 0.717) is 0 Å². The molecule has 1 heterocycles. The lowest BCUT2D eigenvalue weighted by Crippen LogP contribution is -2.50. The van der Waals surface area contributed by atoms with E-state index in [9.17, 15) is 4.79 Å². The standard InChI is InChI=1S/C17H28N4O2/c1-19(2)16-7-5-15(6-8-16)18-17(22)21-12-10-20(11-13-21)9-4-14-23-3/h5-8H,4,9-14H2,1-3H3,(H,18,22). The van der Waals surface area contributed by atoms with Crippen molar-refractivity contribution in [1.82, 2.24) is 9.80 Å². The monoisotopic (exact) mass is 320 g/mol. The van der Waals surface area contributed by atoms with E-state index in [1.165, 1.54) is 0 Å². The normalized spacial score (nSPS) is 15.5. The van der Waals surface area contributed by atoms with Crippen LogP contribution in [-0.4, -0.2) is 76.4 Å². The van der Waals surface area contributed by atoms with Crippen LogP contribution in [-0.2, 0) is 4.74 Å². The van der Waals surface area contributed by atoms with Gasteiger partial charge in [0.05, 0.1) is 0 Å². The third kappa shape index (κ3) is 5.41. The Morgan fingerprint density at radius 1 is 1.17 bits per heavy atom. The molecule has 1 aliphatic rings. The molecule has 2 rings (SSSR count). The van der Waals surface area contributed by atoms with E-state index in [0.717, 1.165) is 57.1 Å². The second-order valence-corrected chi connectivity index (χ2v) is 6.05. The van der Waals surface area contributed by atoms with Crippen molar-refractivity contribution in [2.24, 2.45) is 0 Å². The maximum absolute atomic E-state index is 12.3. The molecule has 23 heavy (non-hydrogen) atoms. The highest BCUT2D eigenvalue weighted by atomic mass is 16.5. The molecule has 0 aromatic heterocycles. The van der Waals surface area contributed by atoms with Gasteiger partial charge in [-0.3, -0.25) is 4.90 Å². The van der Waals surface area contributed by atoms with E-state index in [1.807, 2.05) is 48.2 Å². The number of nitrogens with zero attached hydrogens (tertiary/aromatic N) is 3. The van der Waals surface area contributed by atoms with Crippen LogP contribution >= 0.6 is 0 Å². The number of hydrogen-bond acceptors (Lipinski definition) is 4. The Morgan fingerprint density at radius 2 is 1.83 bits per heavy atom. The van der Waals surface area contributed by atoms with Crippen molar-refractivity contribution < 1.29 is 9.53 Å². The van der Waals surface area contributed by atoms with Crippen LogP contribution in [0, 0.1) is 0 Å². The molecule has 0 radical (unpaired) electrons. The number of benzene rings is 1. The Bertz CT molecular complexity index is 482. The fourth-order valence-electron chi connectivity index (χ4n) is 2.65. The molecule has 6 nitrogen and oxygen atoms in total. The number of methoxy groups -OCH3 is 1. The minimum atomic E-state index is -0.0147. The van der Waals surface area contributed by atoms with Gasteiger partial charge in [0.1, 0.15) is 0 Å². The summed E-state index contributed by atoms with van der Waals surface area (Å²) in [5.74, 6) is 0. The summed E-state index contributed by atoms with van der Waals surface area (Å²) >= 11 is 0. The topological polar surface area (TPSA) is 48.1 Å². The highest BCUT2D eigenvalue weighted by Crippen LogP contribution is 2.16. The SMILES string of the molecule is COCCCN1CCN(C(=O)Nc2ccc(N(C)C)cc2)CC1. The van der Waals surface area contributed by atoms with Crippen molar-refractivity contribution >= 4 is 17.4 Å². The molecule has 6 heteroatoms. The van der Waals surface area contributed by atoms with Crippen molar-refractivity contribution in [3.8, 4) is 0 Å². The predicted molar refractivity (Wildman–Crippen MR) is 94.3 cm³/mol. The molecular formula is C17H28N4O2. The van der Waals surface area contributed by atoms with Gasteiger partial charge in [-0.1, -0.05) is 0 Å². The van der Waals surface area contributed by atoms with Crippen LogP contribution in [0.4, 0.5) is 16.2 Å². The molecule has 1 aromatic carbocycles. The van der Waals surface area contributed by atoms with Crippen molar-refractivity contribution in [2.45, 2.75) is 6.42 Å². The third-order valence-electron chi connectivity index (χ3n) is 4.12. The molecule has 2 amide bonds. The summed E-state index contributed by atoms with van der Waals surface area (Å²) in [5.41, 5.74) is 1.95. The smallest absolute Gasteiger partial charge is 0.321 e. The summed E-state index contributed by atoms with van der Waals surface area (Å²) < 4.78 is 5.08. The predicted octanol–water partition coefficient (Wildman–Crippen LogP) is 1.94. The van der Waals surface area contributed by atoms with Gasteiger partial charge in [0, 0.05) is 71.9 Å². The molecule has 0 aliphatic carbocycles. The van der Waals surface area contributed by atoms with E-state index in [-0.39, 0.29) is 6.03 Å². The van der Waals surface area contributed by atoms with Gasteiger partial charge >= 0.3 is 6.03 Å². The van der Waals surface area contributed by atoms with Crippen LogP contribution < -0.4 is 10.2 Å². The maximum atomic E-state index is 12.3. The largest absolute Gasteiger partial charge is 0.385 e. The summed E-state index contributed by atoms with van der Waals surface area (Å²) in [6, 6.07) is 7.87. The number of carbonyl (C=O) groups is 1. The first-order chi connectivity index (χ1) is 11.1. The van der Waals surface area contributed by atoms with E-state index in [4.69, 9.17) is 4.74 Å². The summed E-state index contributed by atoms with van der Waals surface area (Å²) in [6.07, 6.45) is 1.04. The van der Waals surface area contributed by atoms with Gasteiger partial charge in [-0.05, 0) is 30.7 Å². The van der Waals surface area contributed by atoms with Crippen LogP contribution in [0.1, 0.15) is 6.42 Å². The Hall–Kier alpha value is -1.79. The molecule has 128 valence electrons. The summed E-state index contributed by atoms with van der Waals surface area (Å²) in [6.45, 7) is 5.23. The number of nitrogens with one attached hydrogen (secondary N) is 1. The van der Waals surface area contributed by atoms with Gasteiger partial charge in [0.15, 0.2) is 0 Å². The van der Waals surface area contributed by atoms with Crippen LogP contribution in [0.3, 0.4) is 0 Å². The zero-order chi connectivity index (χ0) is 16.7. The van der Waals surface area contributed by atoms with Gasteiger partial charge in [-0.15, -0.1) is 0 Å². The summed E-state index contributed by atoms with van der Waals surface area (Å²) in [5, 5.41) is 2.97. The van der Waals surface area contributed by atoms with Gasteiger partial charge in [-0.25, -0.2) is 4.79 Å². The second kappa shape index (κ2) is 8.74. The third-order valence-corrected chi connectivity index (χ3v) is 4.12. The number of rotatable bonds is 6. The second-order valence-electron chi connectivity index (χ2n) is 6.05. The molecule has 0 bridgehead atoms. The highest BCUT2D eigenvalue weighted by Gasteiger charge is 2.20. The number of hydrogen-bond donors (Lipinski definition) is 1. The Balaban J connectivity index is 1.76. The molecule has 0 spiro atoms. The minimum absolute atomic E-state index is 0.0147. The van der Waals surface area contributed by atoms with Gasteiger partial charge < -0.3 is 19.9 Å². The van der Waals surface area contributed by atoms with Crippen LogP contribution in [0.15, 0.2) is 24.3 Å². The van der Waals surface area contributed by atoms with Crippen LogP contribution in [0.2, 0.25) is 0 Å². The average molecular weight is 320 g/mol. The Kier molecular flexibility index (Phi) is 6.67. The first-order valence-corrected chi connectivity index (χ1v) is 8.15. The highest BCUT2D eigenvalue weighted by molar-refractivity contribution is 5.89. The zero-order valence-electron chi connectivity index (χ0n) is 14.4. The first-order valence-electron chi connectivity index (χ1n) is 8.15. The molecule has 1 aliphatic heterocycles. The minimum Gasteiger partial charge on any atom is -0.385 e. The molecular weight excluding hydrogens is 292 g/mol. The number of urea groups is 1. The van der Waals surface area contributed by atoms with Gasteiger partial charge in [0.25, 0.3) is 0 Å². The van der Waals surface area contributed by atoms with E-state index in [2.05, 4.69) is 10.2 Å². The van der Waals surface area contributed by atoms with E-state index in [1.54, 1.807) is 7.11 Å². The molecule has 1 saturated heterocycles. The summed E-state index contributed by atoms with van der Waals surface area (Å²) in [7, 11) is 5.73. The number of ether oxygens (including phenoxy) is 1. The summed E-state index contributed by atoms with van der Waals surface area (Å²) in [4.78, 5) is 18.6. The number of piperazine rings is 1.